The molecule has 0 unspecified atom stereocenters. The first-order valence-corrected chi connectivity index (χ1v) is 11.7. The Bertz CT molecular complexity index is 903. The highest BCUT2D eigenvalue weighted by atomic mass is 35.5. The summed E-state index contributed by atoms with van der Waals surface area (Å²) >= 11 is 12.1. The zero-order chi connectivity index (χ0) is 23.6. The summed E-state index contributed by atoms with van der Waals surface area (Å²) in [6.45, 7) is 6.30. The average Bonchev–Trinajstić information content (AvgIpc) is 2.64. The smallest absolute Gasteiger partial charge is 0.314 e. The minimum absolute atomic E-state index is 0.0167. The number of nitrogens with one attached hydrogen (secondary N) is 1. The third kappa shape index (κ3) is 9.46. The lowest BCUT2D eigenvalue weighted by molar-refractivity contribution is -0.384. The molecule has 0 radical (unpaired) electrons. The van der Waals surface area contributed by atoms with Gasteiger partial charge in [0.1, 0.15) is 17.2 Å². The number of ether oxygens (including phenoxy) is 1. The summed E-state index contributed by atoms with van der Waals surface area (Å²) in [5.74, 6) is 0.897. The first-order chi connectivity index (χ1) is 14.5. The van der Waals surface area contributed by atoms with Crippen molar-refractivity contribution in [3.05, 3.63) is 56.6 Å². The number of rotatable bonds is 9. The van der Waals surface area contributed by atoms with Gasteiger partial charge in [-0.1, -0.05) is 49.9 Å². The molecule has 0 aromatic heterocycles. The molecule has 8 nitrogen and oxygen atoms in total. The zero-order valence-electron chi connectivity index (χ0n) is 17.5. The molecule has 0 fully saturated rings. The van der Waals surface area contributed by atoms with Crippen LogP contribution in [-0.4, -0.2) is 20.2 Å². The molecule has 0 saturated heterocycles. The van der Waals surface area contributed by atoms with E-state index in [-0.39, 0.29) is 16.1 Å². The summed E-state index contributed by atoms with van der Waals surface area (Å²) < 4.78 is 14.6. The molecule has 0 saturated carbocycles. The van der Waals surface area contributed by atoms with Crippen molar-refractivity contribution in [2.24, 2.45) is 0 Å². The molecule has 172 valence electrons. The summed E-state index contributed by atoms with van der Waals surface area (Å²) in [6, 6.07) is 9.57. The third-order valence-electron chi connectivity index (χ3n) is 4.33. The van der Waals surface area contributed by atoms with E-state index in [0.717, 1.165) is 25.7 Å². The maximum absolute atomic E-state index is 11.5. The Morgan fingerprint density at radius 2 is 1.71 bits per heavy atom. The lowest BCUT2D eigenvalue weighted by Gasteiger charge is -2.31. The van der Waals surface area contributed by atoms with Crippen molar-refractivity contribution >= 4 is 42.8 Å². The quantitative estimate of drug-likeness (QED) is 0.199. The Labute approximate surface area is 192 Å². The van der Waals surface area contributed by atoms with E-state index in [1.807, 2.05) is 0 Å². The largest absolute Gasteiger partial charge is 0.456 e. The fourth-order valence-corrected chi connectivity index (χ4v) is 3.65. The number of nitrogens with zero attached hydrogens (tertiary/aromatic N) is 1. The third-order valence-corrected chi connectivity index (χ3v) is 4.86. The minimum atomic E-state index is -3.13. The van der Waals surface area contributed by atoms with Gasteiger partial charge in [-0.25, -0.2) is 0 Å². The molecule has 11 heteroatoms. The molecular formula is C20H27Cl2N2O6P. The van der Waals surface area contributed by atoms with Crippen LogP contribution in [-0.2, 0) is 4.57 Å². The molecule has 3 N–H and O–H groups in total. The molecular weight excluding hydrogens is 466 g/mol. The van der Waals surface area contributed by atoms with Crippen molar-refractivity contribution in [3.8, 4) is 11.5 Å². The van der Waals surface area contributed by atoms with Crippen LogP contribution in [0.15, 0.2) is 36.4 Å². The Kier molecular flexibility index (Phi) is 11.3. The van der Waals surface area contributed by atoms with Crippen LogP contribution in [0.1, 0.15) is 46.5 Å². The molecule has 0 spiro atoms. The second-order valence-electron chi connectivity index (χ2n) is 7.08. The second-order valence-corrected chi connectivity index (χ2v) is 8.49. The fourth-order valence-electron chi connectivity index (χ4n) is 3.20. The number of anilines is 1. The van der Waals surface area contributed by atoms with Gasteiger partial charge in [0.15, 0.2) is 0 Å². The standard InChI is InChI=1S/C20H24Cl2N2O3.H3O3P/c1-4-10-20(3,11-5-2)23-17-13-15(7-8-18(17)24(25)26)27-19-9-6-14(21)12-16(19)22;1-4(2)3/h6-9,12-13,23H,4-5,10-11H2,1-3H3;4H,(H2,1,2,3). The van der Waals surface area contributed by atoms with Gasteiger partial charge in [0.05, 0.1) is 9.95 Å². The first kappa shape index (κ1) is 27.2. The predicted octanol–water partition coefficient (Wildman–Crippen LogP) is 6.83. The van der Waals surface area contributed by atoms with Gasteiger partial charge in [-0.15, -0.1) is 0 Å². The number of nitro groups is 1. The summed E-state index contributed by atoms with van der Waals surface area (Å²) in [6.07, 6.45) is 3.78. The van der Waals surface area contributed by atoms with Gasteiger partial charge in [-0.05, 0) is 44.0 Å². The highest BCUT2D eigenvalue weighted by Gasteiger charge is 2.26. The number of halogens is 2. The van der Waals surface area contributed by atoms with E-state index in [2.05, 4.69) is 26.1 Å². The molecule has 0 aliphatic carbocycles. The van der Waals surface area contributed by atoms with E-state index in [0.29, 0.717) is 27.2 Å². The Balaban J connectivity index is 0.00000110. The normalized spacial score (nSPS) is 11.0. The molecule has 2 rings (SSSR count). The zero-order valence-corrected chi connectivity index (χ0v) is 20.0. The first-order valence-electron chi connectivity index (χ1n) is 9.62. The van der Waals surface area contributed by atoms with Gasteiger partial charge in [-0.2, -0.15) is 0 Å². The predicted molar refractivity (Wildman–Crippen MR) is 125 cm³/mol. The van der Waals surface area contributed by atoms with E-state index in [1.165, 1.54) is 6.07 Å². The molecule has 0 aliphatic heterocycles. The van der Waals surface area contributed by atoms with Gasteiger partial charge in [-0.3, -0.25) is 14.7 Å². The highest BCUT2D eigenvalue weighted by Crippen LogP contribution is 2.37. The summed E-state index contributed by atoms with van der Waals surface area (Å²) in [7, 11) is -3.13. The maximum Gasteiger partial charge on any atom is 0.314 e. The van der Waals surface area contributed by atoms with Crippen molar-refractivity contribution in [2.45, 2.75) is 52.0 Å². The second kappa shape index (κ2) is 12.9. The van der Waals surface area contributed by atoms with E-state index in [4.69, 9.17) is 42.3 Å². The van der Waals surface area contributed by atoms with Crippen LogP contribution >= 0.6 is 31.5 Å². The lowest BCUT2D eigenvalue weighted by Crippen LogP contribution is -2.34. The van der Waals surface area contributed by atoms with E-state index < -0.39 is 8.25 Å². The molecule has 0 amide bonds. The van der Waals surface area contributed by atoms with Crippen LogP contribution in [0.5, 0.6) is 11.5 Å². The van der Waals surface area contributed by atoms with Gasteiger partial charge in [0, 0.05) is 22.7 Å². The van der Waals surface area contributed by atoms with Crippen LogP contribution in [0, 0.1) is 10.1 Å². The number of hydrogen-bond acceptors (Lipinski definition) is 5. The van der Waals surface area contributed by atoms with Crippen LogP contribution < -0.4 is 10.1 Å². The van der Waals surface area contributed by atoms with Crippen LogP contribution in [0.2, 0.25) is 10.0 Å². The molecule has 2 aromatic carbocycles. The summed E-state index contributed by atoms with van der Waals surface area (Å²) in [5.41, 5.74) is 0.222. The minimum Gasteiger partial charge on any atom is -0.456 e. The number of hydrogen-bond donors (Lipinski definition) is 3. The summed E-state index contributed by atoms with van der Waals surface area (Å²) in [5, 5.41) is 15.7. The van der Waals surface area contributed by atoms with E-state index >= 15 is 0 Å². The lowest BCUT2D eigenvalue weighted by atomic mass is 9.90. The number of benzene rings is 2. The van der Waals surface area contributed by atoms with Crippen LogP contribution in [0.4, 0.5) is 11.4 Å². The van der Waals surface area contributed by atoms with E-state index in [1.54, 1.807) is 30.3 Å². The van der Waals surface area contributed by atoms with Crippen molar-refractivity contribution in [3.63, 3.8) is 0 Å². The average molecular weight is 493 g/mol. The van der Waals surface area contributed by atoms with Crippen molar-refractivity contribution in [1.29, 1.82) is 0 Å². The fraction of sp³-hybridized carbons (Fsp3) is 0.400. The Hall–Kier alpha value is -1.83. The SMILES string of the molecule is CCCC(C)(CCC)Nc1cc(Oc2ccc(Cl)cc2Cl)ccc1[N+](=O)[O-].O=[PH](O)O. The van der Waals surface area contributed by atoms with Gasteiger partial charge < -0.3 is 19.8 Å². The molecule has 0 aliphatic rings. The topological polar surface area (TPSA) is 122 Å². The Morgan fingerprint density at radius 1 is 1.13 bits per heavy atom. The van der Waals surface area contributed by atoms with Crippen LogP contribution in [0.3, 0.4) is 0 Å². The monoisotopic (exact) mass is 492 g/mol. The van der Waals surface area contributed by atoms with E-state index in [9.17, 15) is 10.1 Å². The van der Waals surface area contributed by atoms with Gasteiger partial charge in [0.25, 0.3) is 5.69 Å². The highest BCUT2D eigenvalue weighted by molar-refractivity contribution is 7.30. The summed E-state index contributed by atoms with van der Waals surface area (Å²) in [4.78, 5) is 25.4. The van der Waals surface area contributed by atoms with Crippen molar-refractivity contribution < 1.29 is 24.0 Å². The maximum atomic E-state index is 11.5. The molecule has 2 aromatic rings. The van der Waals surface area contributed by atoms with Crippen molar-refractivity contribution in [2.75, 3.05) is 5.32 Å². The Morgan fingerprint density at radius 3 is 2.19 bits per heavy atom. The molecule has 0 bridgehead atoms. The van der Waals surface area contributed by atoms with Crippen molar-refractivity contribution in [1.82, 2.24) is 0 Å². The van der Waals surface area contributed by atoms with Gasteiger partial charge in [0.2, 0.25) is 0 Å². The van der Waals surface area contributed by atoms with Crippen LogP contribution in [0.25, 0.3) is 0 Å². The molecule has 0 atom stereocenters. The van der Waals surface area contributed by atoms with Gasteiger partial charge >= 0.3 is 8.25 Å². The molecule has 0 heterocycles. The molecule has 31 heavy (non-hydrogen) atoms. The number of nitro benzene ring substituents is 1.